The maximum Gasteiger partial charge on any atom is 0.257 e. The number of imidazole rings is 1. The minimum absolute atomic E-state index is 0. The Bertz CT molecular complexity index is 854. The van der Waals surface area contributed by atoms with Crippen molar-refractivity contribution in [2.24, 2.45) is 0 Å². The molecule has 0 saturated carbocycles. The fourth-order valence-electron chi connectivity index (χ4n) is 3.33. The molecule has 0 N–H and O–H groups in total. The number of halogens is 3. The van der Waals surface area contributed by atoms with Crippen molar-refractivity contribution in [1.82, 2.24) is 4.57 Å². The molecule has 3 aromatic rings. The summed E-state index contributed by atoms with van der Waals surface area (Å²) in [5.74, 6) is 1.38. The van der Waals surface area contributed by atoms with E-state index in [2.05, 4.69) is 33.5 Å². The molecule has 1 aliphatic heterocycles. The zero-order chi connectivity index (χ0) is 15.8. The first-order chi connectivity index (χ1) is 11.2. The van der Waals surface area contributed by atoms with Crippen molar-refractivity contribution in [2.75, 3.05) is 0 Å². The van der Waals surface area contributed by atoms with Gasteiger partial charge in [0.05, 0.1) is 13.0 Å². The van der Waals surface area contributed by atoms with Gasteiger partial charge in [-0.25, -0.2) is 9.13 Å². The highest BCUT2D eigenvalue weighted by atomic mass is 35.5. The average molecular weight is 380 g/mol. The van der Waals surface area contributed by atoms with Crippen molar-refractivity contribution in [3.8, 4) is 11.3 Å². The standard InChI is InChI=1S/C19H17Cl2N2.ClH/c20-16-8-6-15(7-9-16)18-13-22(19-5-2-10-23(18)19)12-14-3-1-4-17(21)11-14;/h1,3-4,6-9,11,13H,2,5,10,12H2;1H/q+1;/p-1. The number of nitrogens with zero attached hydrogens (tertiary/aromatic N) is 2. The molecule has 0 bridgehead atoms. The summed E-state index contributed by atoms with van der Waals surface area (Å²) < 4.78 is 4.77. The molecule has 2 aromatic carbocycles. The SMILES string of the molecule is Clc1ccc(-c2c[n+](Cc3cccc(Cl)c3)c3n2CCC3)cc1.[Cl-]. The van der Waals surface area contributed by atoms with E-state index < -0.39 is 0 Å². The predicted molar refractivity (Wildman–Crippen MR) is 93.9 cm³/mol. The van der Waals surface area contributed by atoms with Gasteiger partial charge in [0.1, 0.15) is 12.7 Å². The maximum atomic E-state index is 6.12. The third-order valence-electron chi connectivity index (χ3n) is 4.38. The molecular weight excluding hydrogens is 363 g/mol. The number of benzene rings is 2. The number of fused-ring (bicyclic) bond motifs is 1. The van der Waals surface area contributed by atoms with Crippen LogP contribution in [-0.2, 0) is 19.5 Å². The van der Waals surface area contributed by atoms with Crippen molar-refractivity contribution < 1.29 is 17.0 Å². The molecule has 1 aliphatic rings. The summed E-state index contributed by atoms with van der Waals surface area (Å²) >= 11 is 12.1. The van der Waals surface area contributed by atoms with Crippen LogP contribution < -0.4 is 17.0 Å². The van der Waals surface area contributed by atoms with Crippen LogP contribution in [0.2, 0.25) is 10.0 Å². The highest BCUT2D eigenvalue weighted by Gasteiger charge is 2.28. The summed E-state index contributed by atoms with van der Waals surface area (Å²) in [7, 11) is 0. The molecule has 0 amide bonds. The number of aromatic nitrogens is 2. The van der Waals surface area contributed by atoms with Crippen molar-refractivity contribution in [2.45, 2.75) is 25.9 Å². The van der Waals surface area contributed by atoms with Crippen molar-refractivity contribution in [3.05, 3.63) is 76.2 Å². The molecule has 0 radical (unpaired) electrons. The molecular formula is C19H17Cl3N2. The lowest BCUT2D eigenvalue weighted by molar-refractivity contribution is -0.694. The molecule has 0 aliphatic carbocycles. The van der Waals surface area contributed by atoms with Crippen molar-refractivity contribution in [1.29, 1.82) is 0 Å². The Labute approximate surface area is 158 Å². The van der Waals surface area contributed by atoms with Gasteiger partial charge in [0, 0.05) is 15.6 Å². The lowest BCUT2D eigenvalue weighted by atomic mass is 10.1. The molecule has 4 rings (SSSR count). The Balaban J connectivity index is 0.00000169. The molecule has 0 unspecified atom stereocenters. The first-order valence-corrected chi connectivity index (χ1v) is 8.58. The minimum Gasteiger partial charge on any atom is -1.00 e. The van der Waals surface area contributed by atoms with Gasteiger partial charge in [0.2, 0.25) is 0 Å². The molecule has 2 heterocycles. The van der Waals surface area contributed by atoms with Gasteiger partial charge in [0.25, 0.3) is 5.82 Å². The molecule has 124 valence electrons. The fraction of sp³-hybridized carbons (Fsp3) is 0.211. The van der Waals surface area contributed by atoms with E-state index in [0.29, 0.717) is 0 Å². The van der Waals surface area contributed by atoms with Crippen LogP contribution in [0.4, 0.5) is 0 Å². The van der Waals surface area contributed by atoms with Gasteiger partial charge in [-0.1, -0.05) is 35.3 Å². The predicted octanol–water partition coefficient (Wildman–Crippen LogP) is 1.75. The molecule has 2 nitrogen and oxygen atoms in total. The zero-order valence-electron chi connectivity index (χ0n) is 13.1. The Hall–Kier alpha value is -1.48. The third kappa shape index (κ3) is 3.32. The fourth-order valence-corrected chi connectivity index (χ4v) is 3.67. The number of hydrogen-bond donors (Lipinski definition) is 0. The van der Waals surface area contributed by atoms with Crippen molar-refractivity contribution in [3.63, 3.8) is 0 Å². The molecule has 0 spiro atoms. The first-order valence-electron chi connectivity index (χ1n) is 7.83. The van der Waals surface area contributed by atoms with E-state index >= 15 is 0 Å². The third-order valence-corrected chi connectivity index (χ3v) is 4.86. The van der Waals surface area contributed by atoms with Gasteiger partial charge in [0.15, 0.2) is 5.69 Å². The van der Waals surface area contributed by atoms with Crippen molar-refractivity contribution >= 4 is 23.2 Å². The largest absolute Gasteiger partial charge is 1.00 e. The molecule has 5 heteroatoms. The van der Waals surface area contributed by atoms with Crippen LogP contribution in [0.25, 0.3) is 11.3 Å². The van der Waals surface area contributed by atoms with E-state index in [1.165, 1.54) is 29.1 Å². The van der Waals surface area contributed by atoms with Crippen LogP contribution in [0.15, 0.2) is 54.7 Å². The van der Waals surface area contributed by atoms with Gasteiger partial charge >= 0.3 is 0 Å². The lowest BCUT2D eigenvalue weighted by Gasteiger charge is -2.00. The van der Waals surface area contributed by atoms with Gasteiger partial charge < -0.3 is 12.4 Å². The van der Waals surface area contributed by atoms with Crippen LogP contribution in [0.5, 0.6) is 0 Å². The van der Waals surface area contributed by atoms with Gasteiger partial charge in [-0.15, -0.1) is 0 Å². The molecule has 0 atom stereocenters. The number of hydrogen-bond acceptors (Lipinski definition) is 0. The quantitative estimate of drug-likeness (QED) is 0.613. The summed E-state index contributed by atoms with van der Waals surface area (Å²) in [6.45, 7) is 1.93. The summed E-state index contributed by atoms with van der Waals surface area (Å²) in [6.07, 6.45) is 4.57. The van der Waals surface area contributed by atoms with Gasteiger partial charge in [-0.05, 0) is 48.4 Å². The summed E-state index contributed by atoms with van der Waals surface area (Å²) in [5, 5.41) is 1.56. The highest BCUT2D eigenvalue weighted by Crippen LogP contribution is 2.26. The first kappa shape index (κ1) is 17.3. The van der Waals surface area contributed by atoms with Crippen LogP contribution in [0, 0.1) is 0 Å². The maximum absolute atomic E-state index is 6.12. The van der Waals surface area contributed by atoms with Crippen LogP contribution in [0.1, 0.15) is 17.8 Å². The van der Waals surface area contributed by atoms with E-state index in [1.54, 1.807) is 0 Å². The summed E-state index contributed by atoms with van der Waals surface area (Å²) in [5.41, 5.74) is 3.70. The van der Waals surface area contributed by atoms with E-state index in [1.807, 2.05) is 30.3 Å². The second kappa shape index (κ2) is 7.18. The minimum atomic E-state index is 0. The van der Waals surface area contributed by atoms with E-state index in [-0.39, 0.29) is 12.4 Å². The summed E-state index contributed by atoms with van der Waals surface area (Å²) in [6, 6.07) is 16.2. The smallest absolute Gasteiger partial charge is 0.257 e. The van der Waals surface area contributed by atoms with Gasteiger partial charge in [-0.3, -0.25) is 0 Å². The Morgan fingerprint density at radius 2 is 1.79 bits per heavy atom. The second-order valence-electron chi connectivity index (χ2n) is 5.95. The Morgan fingerprint density at radius 1 is 1.00 bits per heavy atom. The Morgan fingerprint density at radius 3 is 2.54 bits per heavy atom. The Kier molecular flexibility index (Phi) is 5.19. The topological polar surface area (TPSA) is 8.81 Å². The van der Waals surface area contributed by atoms with E-state index in [4.69, 9.17) is 23.2 Å². The molecule has 0 fully saturated rings. The van der Waals surface area contributed by atoms with E-state index in [9.17, 15) is 0 Å². The van der Waals surface area contributed by atoms with Crippen LogP contribution in [-0.4, -0.2) is 4.57 Å². The zero-order valence-corrected chi connectivity index (χ0v) is 15.3. The monoisotopic (exact) mass is 378 g/mol. The average Bonchev–Trinajstić information content (AvgIpc) is 3.12. The number of rotatable bonds is 3. The normalized spacial score (nSPS) is 12.8. The molecule has 0 saturated heterocycles. The second-order valence-corrected chi connectivity index (χ2v) is 6.82. The van der Waals surface area contributed by atoms with Crippen LogP contribution >= 0.6 is 23.2 Å². The van der Waals surface area contributed by atoms with Gasteiger partial charge in [-0.2, -0.15) is 0 Å². The lowest BCUT2D eigenvalue weighted by Crippen LogP contribution is -3.00. The highest BCUT2D eigenvalue weighted by molar-refractivity contribution is 6.30. The molecule has 24 heavy (non-hydrogen) atoms. The van der Waals surface area contributed by atoms with E-state index in [0.717, 1.165) is 29.6 Å². The summed E-state index contributed by atoms with van der Waals surface area (Å²) in [4.78, 5) is 0. The molecule has 1 aromatic heterocycles. The van der Waals surface area contributed by atoms with Crippen LogP contribution in [0.3, 0.4) is 0 Å².